The van der Waals surface area contributed by atoms with Crippen LogP contribution in [-0.4, -0.2) is 34.0 Å². The highest BCUT2D eigenvalue weighted by Gasteiger charge is 2.48. The third-order valence-corrected chi connectivity index (χ3v) is 7.25. The predicted molar refractivity (Wildman–Crippen MR) is 148 cm³/mol. The van der Waals surface area contributed by atoms with Crippen molar-refractivity contribution in [2.24, 2.45) is 10.4 Å². The number of halogens is 1. The fourth-order valence-corrected chi connectivity index (χ4v) is 4.96. The summed E-state index contributed by atoms with van der Waals surface area (Å²) >= 11 is 6.49. The van der Waals surface area contributed by atoms with Crippen LogP contribution in [0.1, 0.15) is 73.7 Å². The van der Waals surface area contributed by atoms with Crippen LogP contribution in [0.25, 0.3) is 0 Å². The van der Waals surface area contributed by atoms with Gasteiger partial charge in [-0.2, -0.15) is 0 Å². The molecule has 202 valence electrons. The first-order valence-electron chi connectivity index (χ1n) is 13.0. The Bertz CT molecular complexity index is 1470. The summed E-state index contributed by atoms with van der Waals surface area (Å²) in [5, 5.41) is 3.32. The Labute approximate surface area is 231 Å². The van der Waals surface area contributed by atoms with Crippen molar-refractivity contribution in [3.63, 3.8) is 0 Å². The van der Waals surface area contributed by atoms with Gasteiger partial charge in [-0.05, 0) is 82.0 Å². The zero-order valence-electron chi connectivity index (χ0n) is 22.2. The molecule has 1 aliphatic heterocycles. The molecule has 0 unspecified atom stereocenters. The molecule has 1 N–H and O–H groups in total. The molecule has 1 amide bonds. The number of anilines is 1. The van der Waals surface area contributed by atoms with E-state index in [9.17, 15) is 14.4 Å². The normalized spacial score (nSPS) is 15.3. The average molecular weight is 548 g/mol. The lowest BCUT2D eigenvalue weighted by Gasteiger charge is -2.20. The summed E-state index contributed by atoms with van der Waals surface area (Å²) in [4.78, 5) is 46.9. The van der Waals surface area contributed by atoms with Gasteiger partial charge in [-0.25, -0.2) is 9.98 Å². The molecule has 0 bridgehead atoms. The fourth-order valence-electron chi connectivity index (χ4n) is 4.73. The van der Waals surface area contributed by atoms with E-state index in [1.807, 2.05) is 26.8 Å². The van der Waals surface area contributed by atoms with E-state index in [4.69, 9.17) is 20.8 Å². The van der Waals surface area contributed by atoms with Crippen molar-refractivity contribution in [3.05, 3.63) is 76.3 Å². The molecule has 3 heterocycles. The van der Waals surface area contributed by atoms with E-state index in [0.29, 0.717) is 34.9 Å². The topological polar surface area (TPSA) is 111 Å². The molecule has 5 rings (SSSR count). The van der Waals surface area contributed by atoms with Crippen LogP contribution in [0.5, 0.6) is 0 Å². The number of carbonyl (C=O) groups excluding carboxylic acids is 3. The Morgan fingerprint density at radius 2 is 1.95 bits per heavy atom. The molecule has 0 radical (unpaired) electrons. The molecule has 39 heavy (non-hydrogen) atoms. The zero-order chi connectivity index (χ0) is 27.8. The van der Waals surface area contributed by atoms with Crippen molar-refractivity contribution in [1.82, 2.24) is 4.98 Å². The number of aliphatic imine (C=N–C) groups is 1. The van der Waals surface area contributed by atoms with E-state index in [2.05, 4.69) is 15.3 Å². The van der Waals surface area contributed by atoms with Gasteiger partial charge >= 0.3 is 5.97 Å². The Morgan fingerprint density at radius 1 is 1.15 bits per heavy atom. The number of hydrogen-bond donors (Lipinski definition) is 1. The third kappa shape index (κ3) is 6.28. The smallest absolute Gasteiger partial charge is 0.306 e. The van der Waals surface area contributed by atoms with Crippen molar-refractivity contribution in [2.45, 2.75) is 64.9 Å². The molecule has 0 spiro atoms. The van der Waals surface area contributed by atoms with Crippen molar-refractivity contribution >= 4 is 46.5 Å². The van der Waals surface area contributed by atoms with Crippen LogP contribution in [0.3, 0.4) is 0 Å². The molecule has 1 fully saturated rings. The minimum atomic E-state index is -0.533. The highest BCUT2D eigenvalue weighted by molar-refractivity contribution is 6.34. The van der Waals surface area contributed by atoms with E-state index < -0.39 is 11.0 Å². The third-order valence-electron chi connectivity index (χ3n) is 6.92. The van der Waals surface area contributed by atoms with Crippen molar-refractivity contribution < 1.29 is 23.5 Å². The van der Waals surface area contributed by atoms with Gasteiger partial charge in [-0.3, -0.25) is 14.4 Å². The number of esters is 1. The molecule has 0 saturated heterocycles. The summed E-state index contributed by atoms with van der Waals surface area (Å²) in [6.07, 6.45) is 6.24. The van der Waals surface area contributed by atoms with Crippen LogP contribution in [0.4, 0.5) is 11.5 Å². The Kier molecular flexibility index (Phi) is 7.16. The number of carbonyl (C=O) groups is 3. The number of pyridine rings is 1. The van der Waals surface area contributed by atoms with Gasteiger partial charge in [-0.1, -0.05) is 11.6 Å². The van der Waals surface area contributed by atoms with Gasteiger partial charge in [-0.15, -0.1) is 0 Å². The van der Waals surface area contributed by atoms with E-state index in [1.165, 1.54) is 6.26 Å². The standard InChI is InChI=1S/C30H30ClN3O5/c1-29(2,3)39-26(36)8-9-30(10-11-30)25(35)14-18-13-19-15-23(34-27(19)32-17-18)21-16-20(6-7-22(21)31)33-28(37)24-5-4-12-38-24/h4-7,12-13,16-17H,8-11,14-15H2,1-3H3,(H,33,37). The summed E-state index contributed by atoms with van der Waals surface area (Å²) in [5.41, 5.74) is 2.76. The number of nitrogens with one attached hydrogen (secondary N) is 1. The molecule has 1 aliphatic carbocycles. The van der Waals surface area contributed by atoms with Gasteiger partial charge in [0, 0.05) is 52.7 Å². The maximum atomic E-state index is 13.2. The first-order valence-corrected chi connectivity index (χ1v) is 13.3. The number of benzene rings is 1. The van der Waals surface area contributed by atoms with Gasteiger partial charge in [0.2, 0.25) is 0 Å². The van der Waals surface area contributed by atoms with Crippen molar-refractivity contribution in [3.8, 4) is 0 Å². The van der Waals surface area contributed by atoms with Crippen LogP contribution < -0.4 is 5.32 Å². The van der Waals surface area contributed by atoms with E-state index in [1.54, 1.807) is 36.5 Å². The van der Waals surface area contributed by atoms with Gasteiger partial charge in [0.15, 0.2) is 11.6 Å². The van der Waals surface area contributed by atoms with E-state index in [0.717, 1.165) is 29.7 Å². The SMILES string of the molecule is CC(C)(C)OC(=O)CCC1(C(=O)Cc2cnc3c(c2)CC(c2cc(NC(=O)c4ccco4)ccc2Cl)=N3)CC1. The molecule has 0 atom stereocenters. The second-order valence-electron chi connectivity index (χ2n) is 11.2. The maximum Gasteiger partial charge on any atom is 0.306 e. The van der Waals surface area contributed by atoms with Gasteiger partial charge in [0.1, 0.15) is 11.4 Å². The highest BCUT2D eigenvalue weighted by atomic mass is 35.5. The second kappa shape index (κ2) is 10.4. The number of nitrogens with zero attached hydrogens (tertiary/aromatic N) is 2. The summed E-state index contributed by atoms with van der Waals surface area (Å²) in [6.45, 7) is 5.51. The number of rotatable bonds is 9. The van der Waals surface area contributed by atoms with Crippen LogP contribution in [0, 0.1) is 5.41 Å². The fraction of sp³-hybridized carbons (Fsp3) is 0.367. The number of ether oxygens (including phenoxy) is 1. The number of fused-ring (bicyclic) bond motifs is 1. The van der Waals surface area contributed by atoms with Gasteiger partial charge < -0.3 is 14.5 Å². The largest absolute Gasteiger partial charge is 0.460 e. The maximum absolute atomic E-state index is 13.2. The van der Waals surface area contributed by atoms with E-state index >= 15 is 0 Å². The van der Waals surface area contributed by atoms with Gasteiger partial charge in [0.05, 0.1) is 12.0 Å². The molecule has 9 heteroatoms. The lowest BCUT2D eigenvalue weighted by molar-refractivity contribution is -0.155. The minimum absolute atomic E-state index is 0.134. The zero-order valence-corrected chi connectivity index (χ0v) is 22.9. The lowest BCUT2D eigenvalue weighted by atomic mass is 9.90. The summed E-state index contributed by atoms with van der Waals surface area (Å²) in [7, 11) is 0. The Balaban J connectivity index is 1.23. The predicted octanol–water partition coefficient (Wildman–Crippen LogP) is 6.27. The lowest BCUT2D eigenvalue weighted by Crippen LogP contribution is -2.25. The first-order chi connectivity index (χ1) is 18.5. The molecule has 3 aromatic rings. The number of furan rings is 1. The Morgan fingerprint density at radius 3 is 2.64 bits per heavy atom. The van der Waals surface area contributed by atoms with Crippen molar-refractivity contribution in [1.29, 1.82) is 0 Å². The summed E-state index contributed by atoms with van der Waals surface area (Å²) < 4.78 is 10.6. The van der Waals surface area contributed by atoms with Crippen LogP contribution >= 0.6 is 11.6 Å². The average Bonchev–Trinajstić information content (AvgIpc) is 3.26. The number of aromatic nitrogens is 1. The monoisotopic (exact) mass is 547 g/mol. The number of amides is 1. The molecular formula is C30H30ClN3O5. The Hall–Kier alpha value is -3.78. The minimum Gasteiger partial charge on any atom is -0.460 e. The molecule has 1 aromatic carbocycles. The van der Waals surface area contributed by atoms with Crippen LogP contribution in [0.15, 0.2) is 58.3 Å². The quantitative estimate of drug-likeness (QED) is 0.316. The molecule has 2 aromatic heterocycles. The molecule has 2 aliphatic rings. The molecule has 8 nitrogen and oxygen atoms in total. The summed E-state index contributed by atoms with van der Waals surface area (Å²) in [5.74, 6) is 0.304. The molecular weight excluding hydrogens is 518 g/mol. The van der Waals surface area contributed by atoms with Crippen molar-refractivity contribution in [2.75, 3.05) is 5.32 Å². The van der Waals surface area contributed by atoms with Crippen LogP contribution in [0.2, 0.25) is 5.02 Å². The summed E-state index contributed by atoms with van der Waals surface area (Å²) in [6, 6.07) is 10.4. The number of Topliss-reactive ketones (excluding diaryl/α,β-unsaturated/α-hetero) is 1. The highest BCUT2D eigenvalue weighted by Crippen LogP contribution is 2.51. The number of hydrogen-bond acceptors (Lipinski definition) is 7. The number of ketones is 1. The second-order valence-corrected chi connectivity index (χ2v) is 11.6. The first kappa shape index (κ1) is 26.8. The van der Waals surface area contributed by atoms with Gasteiger partial charge in [0.25, 0.3) is 5.91 Å². The molecule has 1 saturated carbocycles. The van der Waals surface area contributed by atoms with Crippen LogP contribution in [-0.2, 0) is 27.2 Å². The van der Waals surface area contributed by atoms with E-state index in [-0.39, 0.29) is 36.3 Å².